The Morgan fingerprint density at radius 3 is 2.73 bits per heavy atom. The molecule has 0 aromatic carbocycles. The van der Waals surface area contributed by atoms with Crippen molar-refractivity contribution >= 4 is 11.9 Å². The van der Waals surface area contributed by atoms with Gasteiger partial charge in [-0.3, -0.25) is 9.80 Å². The van der Waals surface area contributed by atoms with E-state index in [0.717, 1.165) is 30.9 Å². The Balaban J connectivity index is 2.34. The number of amides is 1. The molecule has 1 fully saturated rings. The number of likely N-dealkylation sites (tertiary alicyclic amines) is 1. The fourth-order valence-corrected chi connectivity index (χ4v) is 3.61. The van der Waals surface area contributed by atoms with Crippen molar-refractivity contribution in [3.63, 3.8) is 0 Å². The van der Waals surface area contributed by atoms with E-state index in [1.54, 1.807) is 11.1 Å². The summed E-state index contributed by atoms with van der Waals surface area (Å²) in [5.41, 5.74) is 0.620. The largest absolute Gasteiger partial charge is 0.443 e. The van der Waals surface area contributed by atoms with Gasteiger partial charge < -0.3 is 4.74 Å². The third kappa shape index (κ3) is 5.44. The molecule has 1 saturated heterocycles. The SMILES string of the molecule is CCN(C(=O)OC(C)(C)C)c1ncccc1C1CCCCN1CC(C)C. The second-order valence-electron chi connectivity index (χ2n) is 8.54. The van der Waals surface area contributed by atoms with Crippen LogP contribution in [0.1, 0.15) is 72.4 Å². The van der Waals surface area contributed by atoms with Crippen LogP contribution < -0.4 is 4.90 Å². The summed E-state index contributed by atoms with van der Waals surface area (Å²) in [5, 5.41) is 0. The average Bonchev–Trinajstić information content (AvgIpc) is 2.54. The van der Waals surface area contributed by atoms with Gasteiger partial charge in [0.2, 0.25) is 0 Å². The van der Waals surface area contributed by atoms with Crippen molar-refractivity contribution < 1.29 is 9.53 Å². The van der Waals surface area contributed by atoms with Crippen LogP contribution in [-0.2, 0) is 4.74 Å². The fourth-order valence-electron chi connectivity index (χ4n) is 3.61. The first-order valence-corrected chi connectivity index (χ1v) is 9.92. The van der Waals surface area contributed by atoms with Crippen LogP contribution >= 0.6 is 0 Å². The fraction of sp³-hybridized carbons (Fsp3) is 0.714. The van der Waals surface area contributed by atoms with Crippen LogP contribution in [0.25, 0.3) is 0 Å². The van der Waals surface area contributed by atoms with E-state index in [1.165, 1.54) is 12.8 Å². The Labute approximate surface area is 158 Å². The molecule has 0 radical (unpaired) electrons. The monoisotopic (exact) mass is 361 g/mol. The Kier molecular flexibility index (Phi) is 7.04. The van der Waals surface area contributed by atoms with Crippen molar-refractivity contribution in [3.8, 4) is 0 Å². The van der Waals surface area contributed by atoms with E-state index in [0.29, 0.717) is 18.5 Å². The molecule has 1 aromatic heterocycles. The number of aromatic nitrogens is 1. The van der Waals surface area contributed by atoms with Gasteiger partial charge in [0.05, 0.1) is 0 Å². The second-order valence-corrected chi connectivity index (χ2v) is 8.54. The van der Waals surface area contributed by atoms with E-state index >= 15 is 0 Å². The summed E-state index contributed by atoms with van der Waals surface area (Å²) >= 11 is 0. The molecule has 1 atom stereocenters. The Morgan fingerprint density at radius 2 is 2.12 bits per heavy atom. The number of anilines is 1. The molecule has 0 spiro atoms. The van der Waals surface area contributed by atoms with Gasteiger partial charge in [-0.15, -0.1) is 0 Å². The van der Waals surface area contributed by atoms with E-state index in [9.17, 15) is 4.79 Å². The van der Waals surface area contributed by atoms with Gasteiger partial charge in [-0.1, -0.05) is 26.3 Å². The standard InChI is InChI=1S/C21H35N3O2/c1-7-24(20(25)26-21(4,5)6)19-17(11-10-13-22-19)18-12-8-9-14-23(18)15-16(2)3/h10-11,13,16,18H,7-9,12,14-15H2,1-6H3. The van der Waals surface area contributed by atoms with Crippen LogP contribution in [0.3, 0.4) is 0 Å². The lowest BCUT2D eigenvalue weighted by molar-refractivity contribution is 0.0579. The van der Waals surface area contributed by atoms with Crippen molar-refractivity contribution in [1.29, 1.82) is 0 Å². The maximum absolute atomic E-state index is 12.7. The molecule has 2 rings (SSSR count). The Hall–Kier alpha value is -1.62. The first-order valence-electron chi connectivity index (χ1n) is 9.92. The average molecular weight is 362 g/mol. The molecule has 1 amide bonds. The normalized spacial score (nSPS) is 18.8. The highest BCUT2D eigenvalue weighted by Gasteiger charge is 2.31. The molecule has 0 bridgehead atoms. The first-order chi connectivity index (χ1) is 12.2. The van der Waals surface area contributed by atoms with Crippen LogP contribution in [0, 0.1) is 5.92 Å². The maximum Gasteiger partial charge on any atom is 0.415 e. The summed E-state index contributed by atoms with van der Waals surface area (Å²) in [4.78, 5) is 21.5. The van der Waals surface area contributed by atoms with Crippen molar-refractivity contribution in [2.75, 3.05) is 24.5 Å². The molecule has 0 saturated carbocycles. The lowest BCUT2D eigenvalue weighted by Gasteiger charge is -2.38. The van der Waals surface area contributed by atoms with Crippen LogP contribution in [0.15, 0.2) is 18.3 Å². The minimum absolute atomic E-state index is 0.311. The van der Waals surface area contributed by atoms with Crippen molar-refractivity contribution in [2.24, 2.45) is 5.92 Å². The first kappa shape index (κ1) is 20.7. The summed E-state index contributed by atoms with van der Waals surface area (Å²) in [7, 11) is 0. The number of ether oxygens (including phenoxy) is 1. The molecule has 26 heavy (non-hydrogen) atoms. The van der Waals surface area contributed by atoms with Crippen LogP contribution in [0.4, 0.5) is 10.6 Å². The number of rotatable bonds is 5. The smallest absolute Gasteiger partial charge is 0.415 e. The van der Waals surface area contributed by atoms with Gasteiger partial charge in [0.1, 0.15) is 11.4 Å². The summed E-state index contributed by atoms with van der Waals surface area (Å²) < 4.78 is 5.61. The van der Waals surface area contributed by atoms with E-state index < -0.39 is 5.60 Å². The summed E-state index contributed by atoms with van der Waals surface area (Å²) in [6.07, 6.45) is 5.00. The van der Waals surface area contributed by atoms with Crippen molar-refractivity contribution in [1.82, 2.24) is 9.88 Å². The molecule has 5 nitrogen and oxygen atoms in total. The topological polar surface area (TPSA) is 45.7 Å². The summed E-state index contributed by atoms with van der Waals surface area (Å²) in [5.74, 6) is 1.36. The lowest BCUT2D eigenvalue weighted by Crippen LogP contribution is -2.40. The van der Waals surface area contributed by atoms with Crippen LogP contribution in [0.5, 0.6) is 0 Å². The number of carbonyl (C=O) groups is 1. The van der Waals surface area contributed by atoms with Crippen molar-refractivity contribution in [3.05, 3.63) is 23.9 Å². The highest BCUT2D eigenvalue weighted by atomic mass is 16.6. The van der Waals surface area contributed by atoms with E-state index in [1.807, 2.05) is 33.8 Å². The predicted molar refractivity (Wildman–Crippen MR) is 106 cm³/mol. The minimum atomic E-state index is -0.520. The molecule has 1 aromatic rings. The minimum Gasteiger partial charge on any atom is -0.443 e. The van der Waals surface area contributed by atoms with Gasteiger partial charge in [-0.2, -0.15) is 0 Å². The second kappa shape index (κ2) is 8.85. The van der Waals surface area contributed by atoms with E-state index in [-0.39, 0.29) is 6.09 Å². The molecule has 5 heteroatoms. The molecule has 1 unspecified atom stereocenters. The molecular weight excluding hydrogens is 326 g/mol. The number of pyridine rings is 1. The number of hydrogen-bond donors (Lipinski definition) is 0. The quantitative estimate of drug-likeness (QED) is 0.738. The summed E-state index contributed by atoms with van der Waals surface area (Å²) in [6.45, 7) is 14.9. The van der Waals surface area contributed by atoms with Gasteiger partial charge in [0, 0.05) is 30.9 Å². The van der Waals surface area contributed by atoms with Gasteiger partial charge in [-0.05, 0) is 59.1 Å². The Bertz CT molecular complexity index is 595. The Morgan fingerprint density at radius 1 is 1.38 bits per heavy atom. The molecule has 2 heterocycles. The number of carbonyl (C=O) groups excluding carboxylic acids is 1. The van der Waals surface area contributed by atoms with Crippen LogP contribution in [0.2, 0.25) is 0 Å². The zero-order valence-electron chi connectivity index (χ0n) is 17.3. The number of nitrogens with zero attached hydrogens (tertiary/aromatic N) is 3. The van der Waals surface area contributed by atoms with Crippen LogP contribution in [-0.4, -0.2) is 41.2 Å². The van der Waals surface area contributed by atoms with Crippen molar-refractivity contribution in [2.45, 2.75) is 72.4 Å². The van der Waals surface area contributed by atoms with Gasteiger partial charge in [-0.25, -0.2) is 9.78 Å². The molecule has 146 valence electrons. The lowest BCUT2D eigenvalue weighted by atomic mass is 9.94. The van der Waals surface area contributed by atoms with Gasteiger partial charge >= 0.3 is 6.09 Å². The molecular formula is C21H35N3O2. The number of hydrogen-bond acceptors (Lipinski definition) is 4. The predicted octanol–water partition coefficient (Wildman–Crippen LogP) is 5.03. The maximum atomic E-state index is 12.7. The molecule has 0 N–H and O–H groups in total. The number of piperidine rings is 1. The third-order valence-electron chi connectivity index (χ3n) is 4.57. The zero-order chi connectivity index (χ0) is 19.3. The molecule has 0 aliphatic carbocycles. The highest BCUT2D eigenvalue weighted by Crippen LogP contribution is 2.36. The van der Waals surface area contributed by atoms with E-state index in [4.69, 9.17) is 4.74 Å². The molecule has 1 aliphatic rings. The van der Waals surface area contributed by atoms with E-state index in [2.05, 4.69) is 29.8 Å². The van der Waals surface area contributed by atoms with Gasteiger partial charge in [0.25, 0.3) is 0 Å². The zero-order valence-corrected chi connectivity index (χ0v) is 17.3. The molecule has 1 aliphatic heterocycles. The summed E-state index contributed by atoms with van der Waals surface area (Å²) in [6, 6.07) is 4.41. The highest BCUT2D eigenvalue weighted by molar-refractivity contribution is 5.87. The van der Waals surface area contributed by atoms with Gasteiger partial charge in [0.15, 0.2) is 0 Å². The third-order valence-corrected chi connectivity index (χ3v) is 4.57.